The number of fused-ring (bicyclic) bond motifs is 2. The van der Waals surface area contributed by atoms with Gasteiger partial charge in [0.05, 0.1) is 11.6 Å². The minimum Gasteiger partial charge on any atom is -0.294 e. The molecule has 0 spiro atoms. The summed E-state index contributed by atoms with van der Waals surface area (Å²) >= 11 is 1.41. The third-order valence-electron chi connectivity index (χ3n) is 3.05. The summed E-state index contributed by atoms with van der Waals surface area (Å²) in [5.74, 6) is -0.567. The highest BCUT2D eigenvalue weighted by atomic mass is 32.2. The van der Waals surface area contributed by atoms with E-state index in [4.69, 9.17) is 5.26 Å². The average Bonchev–Trinajstić information content (AvgIpc) is 2.55. The Labute approximate surface area is 113 Å². The van der Waals surface area contributed by atoms with Crippen molar-refractivity contribution in [2.75, 3.05) is 0 Å². The lowest BCUT2D eigenvalue weighted by atomic mass is 9.99. The fourth-order valence-corrected chi connectivity index (χ4v) is 3.24. The van der Waals surface area contributed by atoms with Crippen LogP contribution in [0, 0.1) is 17.1 Å². The van der Waals surface area contributed by atoms with Gasteiger partial charge in [-0.3, -0.25) is 4.79 Å². The van der Waals surface area contributed by atoms with E-state index < -0.39 is 5.82 Å². The number of rotatable bonds is 0. The van der Waals surface area contributed by atoms with Crippen LogP contribution in [0.4, 0.5) is 4.39 Å². The lowest BCUT2D eigenvalue weighted by molar-refractivity contribution is 0.0989. The number of hydrogen-bond acceptors (Lipinski definition) is 3. The van der Waals surface area contributed by atoms with E-state index in [0.29, 0.717) is 11.1 Å². The Hall–Kier alpha value is -2.12. The van der Waals surface area contributed by atoms with Crippen molar-refractivity contribution in [3.63, 3.8) is 0 Å². The van der Waals surface area contributed by atoms with E-state index in [2.05, 4.69) is 6.07 Å². The fourth-order valence-electron chi connectivity index (χ4n) is 2.13. The summed E-state index contributed by atoms with van der Waals surface area (Å²) in [5, 5.41) is 9.10. The molecule has 0 saturated carbocycles. The molecular formula is C15H8FNOS. The van der Waals surface area contributed by atoms with Gasteiger partial charge in [-0.15, -0.1) is 0 Å². The van der Waals surface area contributed by atoms with Crippen molar-refractivity contribution in [3.8, 4) is 6.07 Å². The van der Waals surface area contributed by atoms with Gasteiger partial charge in [-0.1, -0.05) is 17.8 Å². The summed E-state index contributed by atoms with van der Waals surface area (Å²) in [4.78, 5) is 13.8. The van der Waals surface area contributed by atoms with E-state index in [0.717, 1.165) is 15.4 Å². The molecule has 0 amide bonds. The average molecular weight is 269 g/mol. The molecule has 0 bridgehead atoms. The number of nitrogens with zero attached hydrogens (tertiary/aromatic N) is 1. The van der Waals surface area contributed by atoms with Crippen molar-refractivity contribution in [2.24, 2.45) is 0 Å². The molecule has 0 aliphatic carbocycles. The van der Waals surface area contributed by atoms with E-state index >= 15 is 0 Å². The van der Waals surface area contributed by atoms with Crippen LogP contribution >= 0.6 is 11.8 Å². The number of ketones is 1. The lowest BCUT2D eigenvalue weighted by Gasteiger charge is -2.05. The highest BCUT2D eigenvalue weighted by molar-refractivity contribution is 7.99. The van der Waals surface area contributed by atoms with Gasteiger partial charge in [0.1, 0.15) is 5.82 Å². The summed E-state index contributed by atoms with van der Waals surface area (Å²) in [6.07, 6.45) is 0.141. The number of nitriles is 1. The summed E-state index contributed by atoms with van der Waals surface area (Å²) in [6.45, 7) is 0. The summed E-state index contributed by atoms with van der Waals surface area (Å²) in [5.41, 5.74) is 1.63. The van der Waals surface area contributed by atoms with E-state index in [-0.39, 0.29) is 12.2 Å². The SMILES string of the molecule is N#Cc1cccc2c1CC(=O)c1cc(F)ccc1S2. The van der Waals surface area contributed by atoms with E-state index in [1.54, 1.807) is 18.2 Å². The molecule has 3 rings (SSSR count). The van der Waals surface area contributed by atoms with Gasteiger partial charge in [0.2, 0.25) is 0 Å². The van der Waals surface area contributed by atoms with Crippen molar-refractivity contribution in [2.45, 2.75) is 16.2 Å². The molecule has 1 aliphatic rings. The second-order valence-corrected chi connectivity index (χ2v) is 5.32. The van der Waals surface area contributed by atoms with Crippen molar-refractivity contribution < 1.29 is 9.18 Å². The molecule has 2 aromatic rings. The van der Waals surface area contributed by atoms with Gasteiger partial charge in [0.25, 0.3) is 0 Å². The molecule has 0 aromatic heterocycles. The van der Waals surface area contributed by atoms with Gasteiger partial charge in [0, 0.05) is 21.8 Å². The van der Waals surface area contributed by atoms with Crippen LogP contribution in [-0.4, -0.2) is 5.78 Å². The molecule has 0 saturated heterocycles. The van der Waals surface area contributed by atoms with E-state index in [1.165, 1.54) is 23.9 Å². The summed E-state index contributed by atoms with van der Waals surface area (Å²) < 4.78 is 13.3. The largest absolute Gasteiger partial charge is 0.294 e. The van der Waals surface area contributed by atoms with E-state index in [1.807, 2.05) is 6.07 Å². The molecule has 19 heavy (non-hydrogen) atoms. The molecule has 0 atom stereocenters. The van der Waals surface area contributed by atoms with Crippen LogP contribution in [0.25, 0.3) is 0 Å². The smallest absolute Gasteiger partial charge is 0.168 e. The molecule has 0 radical (unpaired) electrons. The molecule has 0 N–H and O–H groups in total. The first kappa shape index (κ1) is 11.9. The highest BCUT2D eigenvalue weighted by Crippen LogP contribution is 2.38. The molecule has 2 aromatic carbocycles. The molecular weight excluding hydrogens is 261 g/mol. The van der Waals surface area contributed by atoms with Crippen molar-refractivity contribution in [3.05, 3.63) is 58.9 Å². The second-order valence-electron chi connectivity index (χ2n) is 4.24. The molecule has 92 valence electrons. The number of halogens is 1. The van der Waals surface area contributed by atoms with Crippen molar-refractivity contribution in [1.82, 2.24) is 0 Å². The first-order valence-electron chi connectivity index (χ1n) is 5.71. The number of benzene rings is 2. The zero-order valence-electron chi connectivity index (χ0n) is 9.81. The van der Waals surface area contributed by atoms with Gasteiger partial charge < -0.3 is 0 Å². The Kier molecular flexibility index (Phi) is 2.84. The topological polar surface area (TPSA) is 40.9 Å². The maximum Gasteiger partial charge on any atom is 0.168 e. The third-order valence-corrected chi connectivity index (χ3v) is 4.23. The van der Waals surface area contributed by atoms with Gasteiger partial charge in [0.15, 0.2) is 5.78 Å². The number of carbonyl (C=O) groups is 1. The molecule has 2 nitrogen and oxygen atoms in total. The second kappa shape index (κ2) is 4.52. The van der Waals surface area contributed by atoms with Crippen LogP contribution in [0.15, 0.2) is 46.2 Å². The molecule has 0 fully saturated rings. The van der Waals surface area contributed by atoms with Gasteiger partial charge in [-0.05, 0) is 35.9 Å². The maximum atomic E-state index is 13.3. The summed E-state index contributed by atoms with van der Waals surface area (Å²) in [6, 6.07) is 11.7. The maximum absolute atomic E-state index is 13.3. The third kappa shape index (κ3) is 2.02. The van der Waals surface area contributed by atoms with Crippen molar-refractivity contribution in [1.29, 1.82) is 5.26 Å². The van der Waals surface area contributed by atoms with Crippen LogP contribution in [0.5, 0.6) is 0 Å². The monoisotopic (exact) mass is 269 g/mol. The predicted molar refractivity (Wildman–Crippen MR) is 69.7 cm³/mol. The number of hydrogen-bond donors (Lipinski definition) is 0. The van der Waals surface area contributed by atoms with Gasteiger partial charge in [-0.25, -0.2) is 4.39 Å². The molecule has 4 heteroatoms. The zero-order chi connectivity index (χ0) is 13.4. The van der Waals surface area contributed by atoms with Gasteiger partial charge >= 0.3 is 0 Å². The highest BCUT2D eigenvalue weighted by Gasteiger charge is 2.22. The van der Waals surface area contributed by atoms with Crippen LogP contribution < -0.4 is 0 Å². The van der Waals surface area contributed by atoms with Crippen LogP contribution in [0.3, 0.4) is 0 Å². The van der Waals surface area contributed by atoms with Crippen molar-refractivity contribution >= 4 is 17.5 Å². The lowest BCUT2D eigenvalue weighted by Crippen LogP contribution is -2.05. The fraction of sp³-hybridized carbons (Fsp3) is 0.0667. The standard InChI is InChI=1S/C15H8FNOS/c16-10-4-5-15-12(6-10)13(18)7-11-9(8-17)2-1-3-14(11)19-15/h1-6H,7H2. The Morgan fingerprint density at radius 1 is 1.21 bits per heavy atom. The minimum absolute atomic E-state index is 0.141. The van der Waals surface area contributed by atoms with Crippen LogP contribution in [-0.2, 0) is 6.42 Å². The molecule has 0 unspecified atom stereocenters. The Morgan fingerprint density at radius 3 is 2.84 bits per heavy atom. The Bertz CT molecular complexity index is 733. The first-order chi connectivity index (χ1) is 9.19. The van der Waals surface area contributed by atoms with Crippen LogP contribution in [0.1, 0.15) is 21.5 Å². The van der Waals surface area contributed by atoms with Crippen LogP contribution in [0.2, 0.25) is 0 Å². The quantitative estimate of drug-likeness (QED) is 0.734. The zero-order valence-corrected chi connectivity index (χ0v) is 10.6. The number of Topliss-reactive ketones (excluding diaryl/α,β-unsaturated/α-hetero) is 1. The Balaban J connectivity index is 2.20. The number of carbonyl (C=O) groups excluding carboxylic acids is 1. The van der Waals surface area contributed by atoms with Gasteiger partial charge in [-0.2, -0.15) is 5.26 Å². The first-order valence-corrected chi connectivity index (χ1v) is 6.53. The Morgan fingerprint density at radius 2 is 2.05 bits per heavy atom. The predicted octanol–water partition coefficient (Wildman–Crippen LogP) is 3.59. The van der Waals surface area contributed by atoms with E-state index in [9.17, 15) is 9.18 Å². The normalized spacial score (nSPS) is 13.2. The minimum atomic E-state index is -0.417. The molecule has 1 heterocycles. The summed E-state index contributed by atoms with van der Waals surface area (Å²) in [7, 11) is 0. The molecule has 1 aliphatic heterocycles.